The molecule has 0 saturated heterocycles. The van der Waals surface area contributed by atoms with Crippen LogP contribution in [-0.4, -0.2) is 103 Å². The van der Waals surface area contributed by atoms with Gasteiger partial charge >= 0.3 is 35.3 Å². The van der Waals surface area contributed by atoms with Crippen LogP contribution in [0.5, 0.6) is 0 Å². The summed E-state index contributed by atoms with van der Waals surface area (Å²) in [5.74, 6) is -5.97. The molecule has 0 bridgehead atoms. The van der Waals surface area contributed by atoms with E-state index in [1.54, 1.807) is 5.48 Å². The normalized spacial score (nSPS) is 15.3. The van der Waals surface area contributed by atoms with E-state index in [9.17, 15) is 35.6 Å². The molecule has 0 aliphatic carbocycles. The van der Waals surface area contributed by atoms with Gasteiger partial charge in [0.05, 0.1) is 31.3 Å². The maximum Gasteiger partial charge on any atom is 1.00 e. The van der Waals surface area contributed by atoms with Crippen LogP contribution in [0.1, 0.15) is 22.1 Å². The number of hydrogen-bond acceptors (Lipinski definition) is 19. The number of rotatable bonds is 14. The Hall–Kier alpha value is -3.83. The Bertz CT molecular complexity index is 2900. The van der Waals surface area contributed by atoms with Crippen LogP contribution in [0.2, 0.25) is 0 Å². The average Bonchev–Trinajstić information content (AvgIpc) is 3.96. The van der Waals surface area contributed by atoms with Crippen LogP contribution in [-0.2, 0) is 20.4 Å². The molecule has 0 aliphatic heterocycles. The van der Waals surface area contributed by atoms with Gasteiger partial charge in [-0.3, -0.25) is 15.2 Å². The molecule has 0 atom stereocenters. The molecule has 3 heterocycles. The van der Waals surface area contributed by atoms with E-state index in [1.807, 2.05) is 5.32 Å². The topological polar surface area (TPSA) is 389 Å². The molecule has 0 spiro atoms. The third kappa shape index (κ3) is 15.3. The van der Waals surface area contributed by atoms with E-state index in [0.717, 1.165) is 0 Å². The molecule has 56 heavy (non-hydrogen) atoms. The molecule has 32 heteroatoms. The first kappa shape index (κ1) is 32.2. The third-order valence-corrected chi connectivity index (χ3v) is 6.90. The van der Waals surface area contributed by atoms with Crippen LogP contribution in [0.25, 0.3) is 17.2 Å². The number of aromatic nitrogens is 6. The van der Waals surface area contributed by atoms with Crippen molar-refractivity contribution in [3.63, 3.8) is 0 Å². The van der Waals surface area contributed by atoms with Crippen molar-refractivity contribution in [2.75, 3.05) is 43.8 Å². The molecule has 0 saturated carbocycles. The van der Waals surface area contributed by atoms with Crippen molar-refractivity contribution in [1.29, 1.82) is 1.43 Å². The van der Waals surface area contributed by atoms with Crippen molar-refractivity contribution >= 4 is 75.4 Å². The first-order valence-corrected chi connectivity index (χ1v) is 17.6. The van der Waals surface area contributed by atoms with Gasteiger partial charge in [-0.05, 0) is 88.7 Å². The van der Waals surface area contributed by atoms with Gasteiger partial charge in [0.1, 0.15) is 11.6 Å². The molecule has 12 N–H and O–H groups in total. The molecule has 0 radical (unpaired) electrons. The molecule has 0 unspecified atom stereocenters. The van der Waals surface area contributed by atoms with Crippen molar-refractivity contribution in [1.82, 2.24) is 45.3 Å². The number of hydrogen-bond donors (Lipinski definition) is 9. The molecule has 5 aromatic rings. The van der Waals surface area contributed by atoms with Crippen molar-refractivity contribution < 1.29 is 101 Å². The second-order valence-corrected chi connectivity index (χ2v) is 12.7. The van der Waals surface area contributed by atoms with Gasteiger partial charge in [-0.25, -0.2) is 52.1 Å². The summed E-state index contributed by atoms with van der Waals surface area (Å²) in [5.41, 5.74) is -0.536. The van der Waals surface area contributed by atoms with Crippen molar-refractivity contribution in [3.05, 3.63) is 73.1 Å². The quantitative estimate of drug-likeness (QED) is 0.0227. The Kier molecular flexibility index (Phi) is 13.4. The summed E-state index contributed by atoms with van der Waals surface area (Å²) in [6, 6.07) is -4.85. The van der Waals surface area contributed by atoms with Gasteiger partial charge < -0.3 is 21.2 Å². The number of benzene rings is 2. The first-order chi connectivity index (χ1) is 30.7. The van der Waals surface area contributed by atoms with Gasteiger partial charge in [0.25, 0.3) is 20.4 Å². The van der Waals surface area contributed by atoms with Gasteiger partial charge in [-0.15, -0.1) is 0 Å². The minimum atomic E-state index is -4.70. The zero-order valence-electron chi connectivity index (χ0n) is 40.4. The fourth-order valence-electron chi connectivity index (χ4n) is 3.05. The van der Waals surface area contributed by atoms with Crippen LogP contribution in [0, 0.1) is 11.6 Å². The standard InChI is InChI=1S/C12H11BrFN7O5S.C11H13BrFN7O4S.CH4O.Na.H2O/c13-7-5-6(1-2-8(7)14)21-11(20-25-12(21)22)9-10(19-26-18-9)16-3-4-17-27(15,23)24;12-7-5-6(1-2-8(7)13)17-11(18-21)9-10(20-24-19-9)15-3-4-16-25(14,22)23;1-2;;/h1-2,5,17H,3-4H2,(H,16,19)(H2,15,23,24);1-2,5,16,21H,3-4H2,(H,15,20)(H,17,18)(H2,14,22,23);2H,1H3;;1H2/q;;;+1;/p-1/i1D,2D,3D2,4D2,5D;1D,2D,4D2,5D;2D;;. The molecule has 0 aliphatic rings. The number of aliphatic hydroxyl groups excluding tert-OH is 1. The van der Waals surface area contributed by atoms with Crippen LogP contribution < -0.4 is 71.1 Å². The summed E-state index contributed by atoms with van der Waals surface area (Å²) in [6.45, 7) is -9.89. The monoisotopic (exact) mass is 985 g/mol. The summed E-state index contributed by atoms with van der Waals surface area (Å²) in [4.78, 5) is 16.1. The summed E-state index contributed by atoms with van der Waals surface area (Å²) in [5, 5.41) is 43.5. The Morgan fingerprint density at radius 2 is 1.54 bits per heavy atom. The summed E-state index contributed by atoms with van der Waals surface area (Å²) in [7, 11) is -7.77. The van der Waals surface area contributed by atoms with Crippen molar-refractivity contribution in [3.8, 4) is 17.2 Å². The number of anilines is 2. The van der Waals surface area contributed by atoms with E-state index in [1.165, 1.54) is 16.6 Å². The number of nitrogens with two attached hydrogens (primary N) is 2. The van der Waals surface area contributed by atoms with Gasteiger partial charge in [0.2, 0.25) is 18.9 Å². The second-order valence-electron chi connectivity index (χ2n) is 8.51. The largest absolute Gasteiger partial charge is 1.00 e. The number of amidine groups is 1. The molecule has 2 aromatic carbocycles. The molecule has 3 aromatic heterocycles. The van der Waals surface area contributed by atoms with E-state index in [4.69, 9.17) is 28.2 Å². The molecule has 302 valence electrons. The molecule has 5 rings (SSSR count). The number of aliphatic imine (C=N–C) groups is 1. The zero-order chi connectivity index (χ0) is 51.4. The maximum absolute atomic E-state index is 14.0. The Morgan fingerprint density at radius 1 is 0.946 bits per heavy atom. The molecular formula is C24H29Br2F2N14NaO11S2. The summed E-state index contributed by atoms with van der Waals surface area (Å²) in [6.07, 6.45) is 0. The minimum Gasteiger partial charge on any atom is -0.870 e. The van der Waals surface area contributed by atoms with Crippen molar-refractivity contribution in [2.45, 2.75) is 0 Å². The van der Waals surface area contributed by atoms with Crippen LogP contribution in [0.15, 0.2) is 68.8 Å². The maximum atomic E-state index is 14.0. The average molecular weight is 988 g/mol. The first-order valence-electron chi connectivity index (χ1n) is 19.4. The van der Waals surface area contributed by atoms with E-state index in [0.29, 0.717) is 4.57 Å². The molecule has 25 nitrogen and oxygen atoms in total. The fourth-order valence-corrected chi connectivity index (χ4v) is 4.09. The Morgan fingerprint density at radius 3 is 2.18 bits per heavy atom. The predicted octanol–water partition coefficient (Wildman–Crippen LogP) is -3.35. The van der Waals surface area contributed by atoms with Crippen LogP contribution in [0.4, 0.5) is 26.1 Å². The predicted molar refractivity (Wildman–Crippen MR) is 192 cm³/mol. The number of nitrogens with one attached hydrogen (secondary N) is 5. The van der Waals surface area contributed by atoms with Gasteiger partial charge in [0, 0.05) is 38.6 Å². The molecule has 0 amide bonds. The van der Waals surface area contributed by atoms with E-state index in [-0.39, 0.29) is 46.5 Å². The number of hydroxylamine groups is 1. The van der Waals surface area contributed by atoms with E-state index < -0.39 is 144 Å². The van der Waals surface area contributed by atoms with Gasteiger partial charge in [-0.2, -0.15) is 16.8 Å². The molecule has 0 fully saturated rings. The smallest absolute Gasteiger partial charge is 0.870 e. The van der Waals surface area contributed by atoms with Crippen molar-refractivity contribution in [2.24, 2.45) is 15.3 Å². The number of aliphatic hydroxyl groups is 1. The number of halogens is 4. The fraction of sp³-hybridized carbons (Fsp3) is 0.208. The summed E-state index contributed by atoms with van der Waals surface area (Å²) >= 11 is 5.53. The van der Waals surface area contributed by atoms with Gasteiger partial charge in [-0.1, -0.05) is 5.16 Å². The number of nitrogens with zero attached hydrogens (tertiary/aromatic N) is 7. The van der Waals surface area contributed by atoms with Crippen LogP contribution >= 0.6 is 31.9 Å². The van der Waals surface area contributed by atoms with Crippen LogP contribution in [0.3, 0.4) is 0 Å². The third-order valence-electron chi connectivity index (χ3n) is 4.99. The SMILES string of the molecule is [2H]OC.[2H]c1c([2H])c(-n2c(-c3nonc3NC([2H])([2H])C([2H])([2H])NS(N)(=O)=O)noc2=O)c([2H])c(Br)c1F.[2H]c1c([2H])c(N=C(NO)c2nonc2NCC([2H])([2H])NS(N)(=O)=O)c([2H])c(Br)c1F.[Na+].[OH-]. The molecular weight excluding hydrogens is 945 g/mol. The Balaban J connectivity index is 0.000000640. The minimum absolute atomic E-state index is 0. The van der Waals surface area contributed by atoms with Gasteiger partial charge in [0.15, 0.2) is 17.2 Å². The second kappa shape index (κ2) is 23.4. The van der Waals surface area contributed by atoms with E-state index >= 15 is 0 Å². The Labute approximate surface area is 371 Å². The zero-order valence-corrected chi connectivity index (χ0v) is 34.2. The summed E-state index contributed by atoms with van der Waals surface area (Å²) < 4.78 is 187. The van der Waals surface area contributed by atoms with E-state index in [2.05, 4.69) is 86.8 Å².